The Hall–Kier alpha value is -0.490. The van der Waals surface area contributed by atoms with Gasteiger partial charge in [-0.05, 0) is 25.6 Å². The molecule has 4 nitrogen and oxygen atoms in total. The predicted octanol–water partition coefficient (Wildman–Crippen LogP) is 1.78. The first-order valence-electron chi connectivity index (χ1n) is 4.62. The van der Waals surface area contributed by atoms with E-state index in [1.807, 2.05) is 13.8 Å². The Bertz CT molecular complexity index is 341. The van der Waals surface area contributed by atoms with Crippen molar-refractivity contribution in [2.75, 3.05) is 19.7 Å². The van der Waals surface area contributed by atoms with Gasteiger partial charge in [0, 0.05) is 12.2 Å². The molecule has 0 aliphatic carbocycles. The first-order chi connectivity index (χ1) is 6.74. The van der Waals surface area contributed by atoms with Gasteiger partial charge in [0.15, 0.2) is 5.17 Å². The topological polar surface area (TPSA) is 41.9 Å². The summed E-state index contributed by atoms with van der Waals surface area (Å²) in [5, 5.41) is 0.936. The molecule has 0 radical (unpaired) electrons. The van der Waals surface area contributed by atoms with Gasteiger partial charge < -0.3 is 9.64 Å². The second-order valence-electron chi connectivity index (χ2n) is 3.05. The van der Waals surface area contributed by atoms with Crippen LogP contribution in [0.4, 0.5) is 0 Å². The molecule has 0 saturated carbocycles. The van der Waals surface area contributed by atoms with Crippen LogP contribution in [-0.4, -0.2) is 35.7 Å². The quantitative estimate of drug-likeness (QED) is 0.728. The van der Waals surface area contributed by atoms with Crippen LogP contribution in [0.25, 0.3) is 0 Å². The molecule has 15 heavy (non-hydrogen) atoms. The van der Waals surface area contributed by atoms with Gasteiger partial charge in [-0.3, -0.25) is 4.99 Å². The lowest BCUT2D eigenvalue weighted by molar-refractivity contribution is -0.137. The van der Waals surface area contributed by atoms with Crippen molar-refractivity contribution < 1.29 is 9.53 Å². The zero-order valence-electron chi connectivity index (χ0n) is 8.65. The summed E-state index contributed by atoms with van der Waals surface area (Å²) in [4.78, 5) is 18.6. The number of amidine groups is 1. The molecule has 2 aliphatic rings. The Labute approximate surface area is 104 Å². The molecule has 0 aromatic carbocycles. The van der Waals surface area contributed by atoms with Crippen LogP contribution < -0.4 is 0 Å². The number of nitrogens with zero attached hydrogens (tertiary/aromatic N) is 2. The van der Waals surface area contributed by atoms with Crippen molar-refractivity contribution >= 4 is 39.9 Å². The molecule has 84 valence electrons. The standard InChI is InChI=1S/C9H12N2O2S.BrH/c1-3-13-8(12)7-6(2)11-5-4-10-9(11)14-7;/h3-5H2,1-2H3;1H. The number of aliphatic imine (C=N–C) groups is 1. The summed E-state index contributed by atoms with van der Waals surface area (Å²) in [5.74, 6) is -0.230. The van der Waals surface area contributed by atoms with Crippen molar-refractivity contribution in [2.24, 2.45) is 4.99 Å². The summed E-state index contributed by atoms with van der Waals surface area (Å²) >= 11 is 1.42. The maximum absolute atomic E-state index is 11.5. The number of allylic oxidation sites excluding steroid dienone is 1. The Morgan fingerprint density at radius 3 is 3.00 bits per heavy atom. The van der Waals surface area contributed by atoms with Crippen LogP contribution in [0.1, 0.15) is 13.8 Å². The highest BCUT2D eigenvalue weighted by Crippen LogP contribution is 2.36. The second-order valence-corrected chi connectivity index (χ2v) is 4.03. The number of rotatable bonds is 2. The Morgan fingerprint density at radius 1 is 1.67 bits per heavy atom. The van der Waals surface area contributed by atoms with Crippen molar-refractivity contribution in [1.29, 1.82) is 0 Å². The van der Waals surface area contributed by atoms with Crippen molar-refractivity contribution in [3.63, 3.8) is 0 Å². The van der Waals surface area contributed by atoms with E-state index >= 15 is 0 Å². The van der Waals surface area contributed by atoms with Gasteiger partial charge in [-0.2, -0.15) is 0 Å². The summed E-state index contributed by atoms with van der Waals surface area (Å²) in [6, 6.07) is 0. The van der Waals surface area contributed by atoms with Crippen LogP contribution in [0.2, 0.25) is 0 Å². The molecule has 2 rings (SSSR count). The van der Waals surface area contributed by atoms with Crippen LogP contribution >= 0.6 is 28.7 Å². The second kappa shape index (κ2) is 5.03. The van der Waals surface area contributed by atoms with Gasteiger partial charge in [0.1, 0.15) is 4.91 Å². The van der Waals surface area contributed by atoms with Gasteiger partial charge in [0.05, 0.1) is 13.2 Å². The molecule has 2 heterocycles. The number of halogens is 1. The van der Waals surface area contributed by atoms with Crippen LogP contribution in [0.5, 0.6) is 0 Å². The molecule has 0 amide bonds. The number of hydrogen-bond acceptors (Lipinski definition) is 5. The molecule has 0 atom stereocenters. The van der Waals surface area contributed by atoms with E-state index in [0.717, 1.165) is 24.0 Å². The maximum Gasteiger partial charge on any atom is 0.346 e. The SMILES string of the molecule is Br.CCOC(=O)C1=C(C)N2CCN=C2S1. The number of esters is 1. The molecule has 0 bridgehead atoms. The normalized spacial score (nSPS) is 18.5. The number of hydrogen-bond donors (Lipinski definition) is 0. The minimum Gasteiger partial charge on any atom is -0.462 e. The van der Waals surface area contributed by atoms with E-state index in [1.165, 1.54) is 11.8 Å². The van der Waals surface area contributed by atoms with E-state index in [4.69, 9.17) is 4.74 Å². The van der Waals surface area contributed by atoms with E-state index in [2.05, 4.69) is 9.89 Å². The minimum atomic E-state index is -0.230. The predicted molar refractivity (Wildman–Crippen MR) is 66.3 cm³/mol. The largest absolute Gasteiger partial charge is 0.462 e. The van der Waals surface area contributed by atoms with Crippen LogP contribution in [-0.2, 0) is 9.53 Å². The fourth-order valence-electron chi connectivity index (χ4n) is 1.50. The van der Waals surface area contributed by atoms with Crippen LogP contribution in [0.15, 0.2) is 15.6 Å². The molecule has 0 unspecified atom stereocenters. The Kier molecular flexibility index (Phi) is 4.21. The molecule has 6 heteroatoms. The maximum atomic E-state index is 11.5. The third-order valence-electron chi connectivity index (χ3n) is 2.19. The van der Waals surface area contributed by atoms with E-state index < -0.39 is 0 Å². The summed E-state index contributed by atoms with van der Waals surface area (Å²) in [6.07, 6.45) is 0. The number of carbonyl (C=O) groups excluding carboxylic acids is 1. The third-order valence-corrected chi connectivity index (χ3v) is 3.39. The smallest absolute Gasteiger partial charge is 0.346 e. The average molecular weight is 293 g/mol. The van der Waals surface area contributed by atoms with Crippen molar-refractivity contribution in [2.45, 2.75) is 13.8 Å². The van der Waals surface area contributed by atoms with Gasteiger partial charge in [-0.15, -0.1) is 17.0 Å². The lowest BCUT2D eigenvalue weighted by Gasteiger charge is -2.11. The van der Waals surface area contributed by atoms with Crippen LogP contribution in [0.3, 0.4) is 0 Å². The van der Waals surface area contributed by atoms with Gasteiger partial charge in [0.2, 0.25) is 0 Å². The van der Waals surface area contributed by atoms with Crippen molar-refractivity contribution in [3.05, 3.63) is 10.6 Å². The fourth-order valence-corrected chi connectivity index (χ4v) is 2.58. The highest BCUT2D eigenvalue weighted by atomic mass is 79.9. The highest BCUT2D eigenvalue weighted by Gasteiger charge is 2.33. The molecule has 0 N–H and O–H groups in total. The zero-order valence-corrected chi connectivity index (χ0v) is 11.2. The average Bonchev–Trinajstić information content (AvgIpc) is 2.69. The fraction of sp³-hybridized carbons (Fsp3) is 0.556. The van der Waals surface area contributed by atoms with Crippen molar-refractivity contribution in [1.82, 2.24) is 4.90 Å². The molecule has 0 aromatic rings. The molecule has 0 aromatic heterocycles. The lowest BCUT2D eigenvalue weighted by atomic mass is 10.4. The van der Waals surface area contributed by atoms with Crippen molar-refractivity contribution in [3.8, 4) is 0 Å². The number of thioether (sulfide) groups is 1. The van der Waals surface area contributed by atoms with Gasteiger partial charge in [-0.1, -0.05) is 0 Å². The highest BCUT2D eigenvalue weighted by molar-refractivity contribution is 8.93. The third kappa shape index (κ3) is 2.20. The van der Waals surface area contributed by atoms with E-state index in [0.29, 0.717) is 11.5 Å². The first kappa shape index (κ1) is 12.6. The molecular weight excluding hydrogens is 280 g/mol. The number of fused-ring (bicyclic) bond motifs is 1. The zero-order chi connectivity index (χ0) is 10.1. The van der Waals surface area contributed by atoms with Gasteiger partial charge in [-0.25, -0.2) is 4.79 Å². The van der Waals surface area contributed by atoms with Gasteiger partial charge in [0.25, 0.3) is 0 Å². The molecule has 0 fully saturated rings. The lowest BCUT2D eigenvalue weighted by Crippen LogP contribution is -2.19. The van der Waals surface area contributed by atoms with E-state index in [1.54, 1.807) is 0 Å². The van der Waals surface area contributed by atoms with E-state index in [9.17, 15) is 4.79 Å². The van der Waals surface area contributed by atoms with E-state index in [-0.39, 0.29) is 23.0 Å². The summed E-state index contributed by atoms with van der Waals surface area (Å²) < 4.78 is 4.96. The first-order valence-corrected chi connectivity index (χ1v) is 5.43. The number of carbonyl (C=O) groups is 1. The Balaban J connectivity index is 0.00000112. The van der Waals surface area contributed by atoms with Crippen LogP contribution in [0, 0.1) is 0 Å². The van der Waals surface area contributed by atoms with Gasteiger partial charge >= 0.3 is 5.97 Å². The molecule has 0 spiro atoms. The monoisotopic (exact) mass is 292 g/mol. The Morgan fingerprint density at radius 2 is 2.40 bits per heavy atom. The molecule has 2 aliphatic heterocycles. The number of ether oxygens (including phenoxy) is 1. The summed E-state index contributed by atoms with van der Waals surface area (Å²) in [7, 11) is 0. The minimum absolute atomic E-state index is 0. The summed E-state index contributed by atoms with van der Waals surface area (Å²) in [6.45, 7) is 5.88. The summed E-state index contributed by atoms with van der Waals surface area (Å²) in [5.41, 5.74) is 0.977. The molecule has 0 saturated heterocycles. The molecular formula is C9H13BrN2O2S.